The van der Waals surface area contributed by atoms with E-state index >= 15 is 0 Å². The number of nitrogens with one attached hydrogen (secondary N) is 1. The molecule has 1 N–H and O–H groups in total. The number of rotatable bonds is 5. The summed E-state index contributed by atoms with van der Waals surface area (Å²) in [6.07, 6.45) is 1.79. The van der Waals surface area contributed by atoms with Crippen molar-refractivity contribution >= 4 is 11.9 Å². The summed E-state index contributed by atoms with van der Waals surface area (Å²) in [5.74, 6) is -1.74. The molecule has 0 unspecified atom stereocenters. The Bertz CT molecular complexity index is 607. The highest BCUT2D eigenvalue weighted by Crippen LogP contribution is 2.39. The third kappa shape index (κ3) is 3.78. The second-order valence-corrected chi connectivity index (χ2v) is 5.22. The number of carbonyl (C=O) groups excluding carboxylic acids is 2. The molecule has 110 valence electrons. The molecule has 1 amide bonds. The van der Waals surface area contributed by atoms with Gasteiger partial charge in [-0.3, -0.25) is 4.79 Å². The van der Waals surface area contributed by atoms with Gasteiger partial charge in [0.15, 0.2) is 6.61 Å². The van der Waals surface area contributed by atoms with Crippen LogP contribution < -0.4 is 5.32 Å². The molecular weight excluding hydrogens is 275 g/mol. The third-order valence-corrected chi connectivity index (χ3v) is 3.42. The summed E-state index contributed by atoms with van der Waals surface area (Å²) in [7, 11) is 0. The van der Waals surface area contributed by atoms with Crippen molar-refractivity contribution in [2.24, 2.45) is 5.92 Å². The van der Waals surface area contributed by atoms with Crippen LogP contribution in [0.5, 0.6) is 0 Å². The summed E-state index contributed by atoms with van der Waals surface area (Å²) in [6, 6.07) is 7.09. The highest BCUT2D eigenvalue weighted by atomic mass is 19.1. The fourth-order valence-electron chi connectivity index (χ4n) is 2.04. The summed E-state index contributed by atoms with van der Waals surface area (Å²) in [4.78, 5) is 23.4. The third-order valence-electron chi connectivity index (χ3n) is 3.42. The number of benzene rings is 1. The van der Waals surface area contributed by atoms with Gasteiger partial charge in [-0.25, -0.2) is 9.18 Å². The van der Waals surface area contributed by atoms with E-state index in [2.05, 4.69) is 11.4 Å². The maximum Gasteiger partial charge on any atom is 0.338 e. The standard InChI is InChI=1S/C15H15FN2O3/c1-15(9-17,11-5-6-11)18-13(19)8-21-14(20)10-3-2-4-12(16)7-10/h2-4,7,11H,5-6,8H2,1H3,(H,18,19)/t15-/m0/s1. The lowest BCUT2D eigenvalue weighted by Gasteiger charge is -2.22. The SMILES string of the molecule is C[C@@](C#N)(NC(=O)COC(=O)c1cccc(F)c1)C1CC1. The Labute approximate surface area is 121 Å². The molecule has 1 saturated carbocycles. The zero-order valence-corrected chi connectivity index (χ0v) is 11.6. The Morgan fingerprint density at radius 3 is 2.81 bits per heavy atom. The van der Waals surface area contributed by atoms with E-state index in [0.29, 0.717) is 0 Å². The number of hydrogen-bond acceptors (Lipinski definition) is 4. The maximum atomic E-state index is 13.0. The fourth-order valence-corrected chi connectivity index (χ4v) is 2.04. The average molecular weight is 290 g/mol. The van der Waals surface area contributed by atoms with Gasteiger partial charge in [-0.15, -0.1) is 0 Å². The molecule has 6 heteroatoms. The highest BCUT2D eigenvalue weighted by Gasteiger charge is 2.43. The lowest BCUT2D eigenvalue weighted by molar-refractivity contribution is -0.125. The van der Waals surface area contributed by atoms with Crippen molar-refractivity contribution in [2.75, 3.05) is 6.61 Å². The minimum Gasteiger partial charge on any atom is -0.452 e. The van der Waals surface area contributed by atoms with Crippen molar-refractivity contribution in [3.8, 4) is 6.07 Å². The molecule has 0 spiro atoms. The number of halogens is 1. The van der Waals surface area contributed by atoms with Crippen molar-refractivity contribution in [3.63, 3.8) is 0 Å². The van der Waals surface area contributed by atoms with E-state index in [1.807, 2.05) is 0 Å². The van der Waals surface area contributed by atoms with E-state index in [1.165, 1.54) is 18.2 Å². The van der Waals surface area contributed by atoms with Crippen molar-refractivity contribution < 1.29 is 18.7 Å². The lowest BCUT2D eigenvalue weighted by atomic mass is 9.98. The fraction of sp³-hybridized carbons (Fsp3) is 0.400. The van der Waals surface area contributed by atoms with E-state index in [-0.39, 0.29) is 11.5 Å². The van der Waals surface area contributed by atoms with E-state index in [1.54, 1.807) is 6.92 Å². The molecular formula is C15H15FN2O3. The minimum atomic E-state index is -0.928. The highest BCUT2D eigenvalue weighted by molar-refractivity contribution is 5.91. The molecule has 1 aliphatic carbocycles. The molecule has 1 fully saturated rings. The number of nitriles is 1. The van der Waals surface area contributed by atoms with Gasteiger partial charge in [-0.1, -0.05) is 6.07 Å². The molecule has 0 radical (unpaired) electrons. The quantitative estimate of drug-likeness (QED) is 0.838. The molecule has 0 saturated heterocycles. The van der Waals surface area contributed by atoms with Crippen LogP contribution in [0.4, 0.5) is 4.39 Å². The van der Waals surface area contributed by atoms with Crippen molar-refractivity contribution in [2.45, 2.75) is 25.3 Å². The second kappa shape index (κ2) is 5.92. The number of hydrogen-bond donors (Lipinski definition) is 1. The van der Waals surface area contributed by atoms with Crippen LogP contribution in [0.15, 0.2) is 24.3 Å². The molecule has 0 aromatic heterocycles. The minimum absolute atomic E-state index is 0.0352. The van der Waals surface area contributed by atoms with E-state index in [9.17, 15) is 14.0 Å². The van der Waals surface area contributed by atoms with Gasteiger partial charge in [0.1, 0.15) is 11.4 Å². The van der Waals surface area contributed by atoms with Crippen LogP contribution in [0, 0.1) is 23.1 Å². The zero-order chi connectivity index (χ0) is 15.5. The van der Waals surface area contributed by atoms with Crippen LogP contribution in [0.25, 0.3) is 0 Å². The van der Waals surface area contributed by atoms with Crippen LogP contribution in [0.3, 0.4) is 0 Å². The Kier molecular flexibility index (Phi) is 4.22. The first-order valence-corrected chi connectivity index (χ1v) is 6.59. The second-order valence-electron chi connectivity index (χ2n) is 5.22. The average Bonchev–Trinajstić information content (AvgIpc) is 3.29. The van der Waals surface area contributed by atoms with Crippen LogP contribution in [0.1, 0.15) is 30.1 Å². The van der Waals surface area contributed by atoms with Crippen LogP contribution in [-0.2, 0) is 9.53 Å². The molecule has 2 rings (SSSR count). The number of ether oxygens (including phenoxy) is 1. The zero-order valence-electron chi connectivity index (χ0n) is 11.6. The van der Waals surface area contributed by atoms with Gasteiger partial charge in [0.25, 0.3) is 5.91 Å². The number of nitrogens with zero attached hydrogens (tertiary/aromatic N) is 1. The van der Waals surface area contributed by atoms with Gasteiger partial charge in [0, 0.05) is 0 Å². The summed E-state index contributed by atoms with van der Waals surface area (Å²) in [6.45, 7) is 1.15. The first-order valence-electron chi connectivity index (χ1n) is 6.59. The lowest BCUT2D eigenvalue weighted by Crippen LogP contribution is -2.48. The molecule has 1 aliphatic rings. The van der Waals surface area contributed by atoms with Gasteiger partial charge in [0.05, 0.1) is 11.6 Å². The molecule has 1 atom stereocenters. The van der Waals surface area contributed by atoms with Crippen LogP contribution in [0.2, 0.25) is 0 Å². The van der Waals surface area contributed by atoms with E-state index in [4.69, 9.17) is 10.00 Å². The Morgan fingerprint density at radius 2 is 2.24 bits per heavy atom. The summed E-state index contributed by atoms with van der Waals surface area (Å²) in [5.41, 5.74) is -0.893. The van der Waals surface area contributed by atoms with Gasteiger partial charge < -0.3 is 10.1 Å². The predicted octanol–water partition coefficient (Wildman–Crippen LogP) is 1.79. The molecule has 0 heterocycles. The van der Waals surface area contributed by atoms with Crippen molar-refractivity contribution in [3.05, 3.63) is 35.6 Å². The van der Waals surface area contributed by atoms with E-state index < -0.39 is 29.8 Å². The first kappa shape index (κ1) is 15.0. The monoisotopic (exact) mass is 290 g/mol. The summed E-state index contributed by atoms with van der Waals surface area (Å²) >= 11 is 0. The molecule has 0 bridgehead atoms. The predicted molar refractivity (Wildman–Crippen MR) is 71.6 cm³/mol. The molecule has 21 heavy (non-hydrogen) atoms. The molecule has 0 aliphatic heterocycles. The van der Waals surface area contributed by atoms with Gasteiger partial charge >= 0.3 is 5.97 Å². The molecule has 5 nitrogen and oxygen atoms in total. The van der Waals surface area contributed by atoms with Gasteiger partial charge in [0.2, 0.25) is 0 Å². The molecule has 1 aromatic carbocycles. The number of amides is 1. The Hall–Kier alpha value is -2.42. The number of esters is 1. The maximum absolute atomic E-state index is 13.0. The Morgan fingerprint density at radius 1 is 1.52 bits per heavy atom. The Balaban J connectivity index is 1.87. The van der Waals surface area contributed by atoms with Crippen molar-refractivity contribution in [1.29, 1.82) is 5.26 Å². The van der Waals surface area contributed by atoms with Crippen LogP contribution in [-0.4, -0.2) is 24.0 Å². The van der Waals surface area contributed by atoms with Crippen molar-refractivity contribution in [1.82, 2.24) is 5.32 Å². The molecule has 1 aromatic rings. The summed E-state index contributed by atoms with van der Waals surface area (Å²) < 4.78 is 17.8. The topological polar surface area (TPSA) is 79.2 Å². The van der Waals surface area contributed by atoms with Gasteiger partial charge in [-0.2, -0.15) is 5.26 Å². The first-order chi connectivity index (χ1) is 9.94. The number of carbonyl (C=O) groups is 2. The normalized spacial score (nSPS) is 16.4. The summed E-state index contributed by atoms with van der Waals surface area (Å²) in [5, 5.41) is 11.7. The smallest absolute Gasteiger partial charge is 0.338 e. The van der Waals surface area contributed by atoms with Crippen LogP contribution >= 0.6 is 0 Å². The van der Waals surface area contributed by atoms with E-state index in [0.717, 1.165) is 18.9 Å². The van der Waals surface area contributed by atoms with Gasteiger partial charge in [-0.05, 0) is 43.9 Å². The largest absolute Gasteiger partial charge is 0.452 e.